The van der Waals surface area contributed by atoms with E-state index in [0.29, 0.717) is 11.5 Å². The summed E-state index contributed by atoms with van der Waals surface area (Å²) in [5, 5.41) is 9.07. The van der Waals surface area contributed by atoms with Gasteiger partial charge in [-0.2, -0.15) is 0 Å². The number of hydrogen-bond acceptors (Lipinski definition) is 4. The Labute approximate surface area is 115 Å². The number of hydrogen-bond donors (Lipinski definition) is 1. The van der Waals surface area contributed by atoms with E-state index < -0.39 is 5.97 Å². The maximum Gasteiger partial charge on any atom is 0.335 e. The summed E-state index contributed by atoms with van der Waals surface area (Å²) in [5.41, 5.74) is 1.32. The van der Waals surface area contributed by atoms with Crippen LogP contribution in [0.15, 0.2) is 18.3 Å². The molecule has 1 aliphatic heterocycles. The molecule has 1 aromatic heterocycles. The van der Waals surface area contributed by atoms with Crippen molar-refractivity contribution in [3.63, 3.8) is 0 Å². The molecule has 0 amide bonds. The number of carbonyl (C=O) groups is 1. The van der Waals surface area contributed by atoms with Crippen LogP contribution < -0.4 is 0 Å². The van der Waals surface area contributed by atoms with Crippen molar-refractivity contribution in [3.8, 4) is 0 Å². The molecular formula is C13H15NO2S2. The number of carboxylic acids is 1. The second-order valence-electron chi connectivity index (χ2n) is 4.73. The van der Waals surface area contributed by atoms with Crippen LogP contribution in [0.1, 0.15) is 41.2 Å². The highest BCUT2D eigenvalue weighted by molar-refractivity contribution is 8.21. The fourth-order valence-electron chi connectivity index (χ4n) is 2.91. The maximum atomic E-state index is 11.0. The highest BCUT2D eigenvalue weighted by atomic mass is 32.2. The van der Waals surface area contributed by atoms with Gasteiger partial charge in [-0.1, -0.05) is 6.42 Å². The molecule has 1 aliphatic carbocycles. The van der Waals surface area contributed by atoms with Crippen LogP contribution in [-0.4, -0.2) is 31.6 Å². The zero-order chi connectivity index (χ0) is 12.6. The maximum absolute atomic E-state index is 11.0. The summed E-state index contributed by atoms with van der Waals surface area (Å²) in [6, 6.07) is 3.34. The Morgan fingerprint density at radius 3 is 2.94 bits per heavy atom. The number of nitrogens with zero attached hydrogens (tertiary/aromatic N) is 1. The molecule has 3 nitrogen and oxygen atoms in total. The van der Waals surface area contributed by atoms with Crippen molar-refractivity contribution in [2.75, 3.05) is 11.5 Å². The quantitative estimate of drug-likeness (QED) is 0.902. The van der Waals surface area contributed by atoms with Crippen molar-refractivity contribution in [1.29, 1.82) is 0 Å². The predicted molar refractivity (Wildman–Crippen MR) is 75.4 cm³/mol. The highest BCUT2D eigenvalue weighted by Crippen LogP contribution is 2.60. The second kappa shape index (κ2) is 4.78. The van der Waals surface area contributed by atoms with Gasteiger partial charge in [0.05, 0.1) is 9.64 Å². The van der Waals surface area contributed by atoms with Gasteiger partial charge in [-0.15, -0.1) is 23.5 Å². The van der Waals surface area contributed by atoms with Gasteiger partial charge in [0.2, 0.25) is 0 Å². The van der Waals surface area contributed by atoms with E-state index >= 15 is 0 Å². The monoisotopic (exact) mass is 281 g/mol. The van der Waals surface area contributed by atoms with Crippen LogP contribution in [0.25, 0.3) is 0 Å². The van der Waals surface area contributed by atoms with Gasteiger partial charge in [0.25, 0.3) is 0 Å². The minimum absolute atomic E-state index is 0.268. The van der Waals surface area contributed by atoms with E-state index in [4.69, 9.17) is 5.11 Å². The van der Waals surface area contributed by atoms with Gasteiger partial charge in [-0.05, 0) is 25.0 Å². The van der Waals surface area contributed by atoms with Gasteiger partial charge >= 0.3 is 5.97 Å². The summed E-state index contributed by atoms with van der Waals surface area (Å²) < 4.78 is 0.268. The van der Waals surface area contributed by atoms with Crippen LogP contribution in [-0.2, 0) is 0 Å². The number of rotatable bonds is 2. The summed E-state index contributed by atoms with van der Waals surface area (Å²) in [4.78, 5) is 15.5. The first-order valence-corrected chi connectivity index (χ1v) is 8.15. The Morgan fingerprint density at radius 1 is 1.44 bits per heavy atom. The van der Waals surface area contributed by atoms with Crippen LogP contribution in [0.4, 0.5) is 0 Å². The van der Waals surface area contributed by atoms with Gasteiger partial charge in [-0.3, -0.25) is 4.98 Å². The molecule has 18 heavy (non-hydrogen) atoms. The van der Waals surface area contributed by atoms with Crippen molar-refractivity contribution >= 4 is 29.5 Å². The Morgan fingerprint density at radius 2 is 2.22 bits per heavy atom. The van der Waals surface area contributed by atoms with Crippen molar-refractivity contribution in [2.45, 2.75) is 29.3 Å². The molecule has 0 aromatic carbocycles. The van der Waals surface area contributed by atoms with Crippen LogP contribution in [0.3, 0.4) is 0 Å². The van der Waals surface area contributed by atoms with E-state index in [2.05, 4.69) is 4.98 Å². The molecule has 1 saturated carbocycles. The van der Waals surface area contributed by atoms with Crippen LogP contribution in [0, 0.1) is 0 Å². The average molecular weight is 281 g/mol. The molecule has 0 radical (unpaired) electrons. The van der Waals surface area contributed by atoms with E-state index in [0.717, 1.165) is 12.1 Å². The molecule has 3 rings (SSSR count). The first-order chi connectivity index (χ1) is 8.71. The van der Waals surface area contributed by atoms with E-state index in [1.807, 2.05) is 23.5 Å². The van der Waals surface area contributed by atoms with Crippen molar-refractivity contribution in [1.82, 2.24) is 4.98 Å². The number of pyridine rings is 1. The summed E-state index contributed by atoms with van der Waals surface area (Å²) in [5.74, 6) is 1.96. The van der Waals surface area contributed by atoms with Crippen molar-refractivity contribution < 1.29 is 9.90 Å². The second-order valence-corrected chi connectivity index (χ2v) is 7.84. The fraction of sp³-hybridized carbons (Fsp3) is 0.538. The molecule has 2 fully saturated rings. The lowest BCUT2D eigenvalue weighted by atomic mass is 10.0. The fourth-order valence-corrected chi connectivity index (χ4v) is 6.56. The number of thioether (sulfide) groups is 2. The molecule has 1 atom stereocenters. The zero-order valence-corrected chi connectivity index (χ0v) is 11.6. The molecule has 1 spiro atoms. The van der Waals surface area contributed by atoms with E-state index in [9.17, 15) is 4.79 Å². The lowest BCUT2D eigenvalue weighted by molar-refractivity contribution is 0.0696. The molecule has 2 aliphatic rings. The number of carboxylic acid groups (broad SMARTS) is 1. The van der Waals surface area contributed by atoms with Gasteiger partial charge in [0, 0.05) is 29.3 Å². The van der Waals surface area contributed by atoms with Crippen LogP contribution in [0.2, 0.25) is 0 Å². The topological polar surface area (TPSA) is 50.2 Å². The highest BCUT2D eigenvalue weighted by Gasteiger charge is 2.47. The molecule has 5 heteroatoms. The Bertz CT molecular complexity index is 466. The van der Waals surface area contributed by atoms with Crippen LogP contribution in [0.5, 0.6) is 0 Å². The van der Waals surface area contributed by atoms with Crippen molar-refractivity contribution in [3.05, 3.63) is 29.6 Å². The van der Waals surface area contributed by atoms with Gasteiger partial charge in [0.15, 0.2) is 0 Å². The van der Waals surface area contributed by atoms with E-state index in [1.54, 1.807) is 18.3 Å². The van der Waals surface area contributed by atoms with Gasteiger partial charge in [-0.25, -0.2) is 4.79 Å². The molecular weight excluding hydrogens is 266 g/mol. The lowest BCUT2D eigenvalue weighted by Gasteiger charge is -2.29. The first kappa shape index (κ1) is 12.4. The molecule has 1 unspecified atom stereocenters. The lowest BCUT2D eigenvalue weighted by Crippen LogP contribution is -2.22. The minimum Gasteiger partial charge on any atom is -0.478 e. The Kier molecular flexibility index (Phi) is 3.28. The van der Waals surface area contributed by atoms with Gasteiger partial charge < -0.3 is 5.11 Å². The summed E-state index contributed by atoms with van der Waals surface area (Å²) in [6.45, 7) is 0. The summed E-state index contributed by atoms with van der Waals surface area (Å²) in [7, 11) is 0. The first-order valence-electron chi connectivity index (χ1n) is 6.18. The summed E-state index contributed by atoms with van der Waals surface area (Å²) in [6.07, 6.45) is 5.22. The average Bonchev–Trinajstić information content (AvgIpc) is 3.01. The number of aromatic carboxylic acids is 1. The van der Waals surface area contributed by atoms with Crippen molar-refractivity contribution in [2.24, 2.45) is 0 Å². The van der Waals surface area contributed by atoms with E-state index in [1.165, 1.54) is 24.3 Å². The zero-order valence-electron chi connectivity index (χ0n) is 9.96. The number of aromatic nitrogens is 1. The minimum atomic E-state index is -0.863. The molecule has 1 saturated heterocycles. The Balaban J connectivity index is 1.94. The van der Waals surface area contributed by atoms with Gasteiger partial charge in [0.1, 0.15) is 0 Å². The Hall–Kier alpha value is -0.680. The third-order valence-electron chi connectivity index (χ3n) is 3.71. The third kappa shape index (κ3) is 2.03. The molecule has 96 valence electrons. The molecule has 1 N–H and O–H groups in total. The predicted octanol–water partition coefficient (Wildman–Crippen LogP) is 3.22. The summed E-state index contributed by atoms with van der Waals surface area (Å²) >= 11 is 4.09. The smallest absolute Gasteiger partial charge is 0.335 e. The third-order valence-corrected chi connectivity index (χ3v) is 7.45. The molecule has 1 aromatic rings. The SMILES string of the molecule is O=C(O)c1ccnc(C2CCCC23SCCS3)c1. The molecule has 0 bridgehead atoms. The van der Waals surface area contributed by atoms with E-state index in [-0.39, 0.29) is 4.08 Å². The molecule has 2 heterocycles. The standard InChI is InChI=1S/C13H15NO2S2/c15-12(16)9-3-5-14-11(8-9)10-2-1-4-13(10)17-6-7-18-13/h3,5,8,10H,1-2,4,6-7H2,(H,15,16). The van der Waals surface area contributed by atoms with Crippen LogP contribution >= 0.6 is 23.5 Å². The normalized spacial score (nSPS) is 25.7. The largest absolute Gasteiger partial charge is 0.478 e.